The average Bonchev–Trinajstić information content (AvgIpc) is 3.73. The van der Waals surface area contributed by atoms with Crippen molar-refractivity contribution >= 4 is 34.5 Å². The molecule has 0 fully saturated rings. The van der Waals surface area contributed by atoms with Gasteiger partial charge in [-0.3, -0.25) is 4.79 Å². The van der Waals surface area contributed by atoms with E-state index in [-0.39, 0.29) is 11.3 Å². The summed E-state index contributed by atoms with van der Waals surface area (Å²) in [4.78, 5) is 19.5. The van der Waals surface area contributed by atoms with Gasteiger partial charge in [-0.1, -0.05) is 69.3 Å². The third-order valence-corrected chi connectivity index (χ3v) is 8.59. The quantitative estimate of drug-likeness (QED) is 0.119. The van der Waals surface area contributed by atoms with Crippen LogP contribution in [-0.2, 0) is 12.0 Å². The van der Waals surface area contributed by atoms with Gasteiger partial charge in [0.15, 0.2) is 17.1 Å². The third kappa shape index (κ3) is 7.10. The Labute approximate surface area is 278 Å². The summed E-state index contributed by atoms with van der Waals surface area (Å²) in [5.41, 5.74) is 9.23. The number of carbonyl (C=O) groups excluding carboxylic acids is 1. The Hall–Kier alpha value is -5.28. The number of benzene rings is 3. The molecule has 8 nitrogen and oxygen atoms in total. The van der Waals surface area contributed by atoms with E-state index in [2.05, 4.69) is 55.6 Å². The van der Waals surface area contributed by atoms with Crippen LogP contribution in [0.1, 0.15) is 60.4 Å². The molecule has 3 aromatic heterocycles. The maximum Gasteiger partial charge on any atom is 0.272 e. The molecule has 9 heteroatoms. The van der Waals surface area contributed by atoms with Crippen molar-refractivity contribution in [2.75, 3.05) is 6.61 Å². The lowest BCUT2D eigenvalue weighted by Crippen LogP contribution is -2.18. The van der Waals surface area contributed by atoms with Crippen LogP contribution in [0.5, 0.6) is 11.5 Å². The molecular weight excluding hydrogens is 607 g/mol. The zero-order valence-electron chi connectivity index (χ0n) is 27.2. The first-order valence-corrected chi connectivity index (χ1v) is 16.4. The number of aromatic nitrogens is 3. The Morgan fingerprint density at radius 1 is 0.957 bits per heavy atom. The number of hydrogen-bond acceptors (Lipinski definition) is 7. The first-order chi connectivity index (χ1) is 22.7. The number of para-hydroxylation sites is 1. The molecule has 0 aliphatic carbocycles. The minimum Gasteiger partial charge on any atom is -0.490 e. The highest BCUT2D eigenvalue weighted by molar-refractivity contribution is 7.13. The maximum atomic E-state index is 13.7. The minimum atomic E-state index is -0.357. The number of amides is 1. The van der Waals surface area contributed by atoms with Crippen LogP contribution in [0.15, 0.2) is 101 Å². The molecule has 0 atom stereocenters. The second kappa shape index (κ2) is 13.6. The van der Waals surface area contributed by atoms with Gasteiger partial charge < -0.3 is 9.47 Å². The van der Waals surface area contributed by atoms with Gasteiger partial charge in [0.05, 0.1) is 45.7 Å². The SMILES string of the molecule is CCOc1cc(/C=N/NC(=O)c2cc(-c3cccs3)nc3c2c(C)nn3-c2ccccc2)ccc1OCc1ccc(C(C)(C)C)cc1. The fraction of sp³-hybridized carbons (Fsp3) is 0.211. The molecule has 238 valence electrons. The van der Waals surface area contributed by atoms with Crippen LogP contribution < -0.4 is 14.9 Å². The number of pyridine rings is 1. The summed E-state index contributed by atoms with van der Waals surface area (Å²) < 4.78 is 13.8. The molecule has 1 amide bonds. The summed E-state index contributed by atoms with van der Waals surface area (Å²) in [6.45, 7) is 11.3. The van der Waals surface area contributed by atoms with Crippen LogP contribution in [0.4, 0.5) is 0 Å². The molecule has 0 bridgehead atoms. The van der Waals surface area contributed by atoms with Crippen molar-refractivity contribution in [1.82, 2.24) is 20.2 Å². The summed E-state index contributed by atoms with van der Waals surface area (Å²) in [5.74, 6) is 0.887. The molecule has 1 N–H and O–H groups in total. The van der Waals surface area contributed by atoms with Crippen molar-refractivity contribution in [3.8, 4) is 27.8 Å². The Morgan fingerprint density at radius 2 is 1.74 bits per heavy atom. The van der Waals surface area contributed by atoms with E-state index in [1.165, 1.54) is 5.56 Å². The van der Waals surface area contributed by atoms with Crippen LogP contribution in [0, 0.1) is 6.92 Å². The van der Waals surface area contributed by atoms with Crippen LogP contribution >= 0.6 is 11.3 Å². The number of aryl methyl sites for hydroxylation is 1. The largest absolute Gasteiger partial charge is 0.490 e. The van der Waals surface area contributed by atoms with Gasteiger partial charge in [-0.2, -0.15) is 10.2 Å². The standard InChI is InChI=1S/C38H37N5O3S/c1-6-45-33-21-27(16-19-32(33)46-24-26-14-17-28(18-15-26)38(3,4)5)23-39-41-37(44)30-22-31(34-13-10-20-47-34)40-36-35(30)25(2)42-43(36)29-11-8-7-9-12-29/h7-23H,6,24H2,1-5H3,(H,41,44)/b39-23+. The molecular formula is C38H37N5O3S. The van der Waals surface area contributed by atoms with Gasteiger partial charge in [-0.05, 0) is 83.8 Å². The van der Waals surface area contributed by atoms with E-state index in [0.717, 1.165) is 21.7 Å². The fourth-order valence-corrected chi connectivity index (χ4v) is 5.93. The predicted molar refractivity (Wildman–Crippen MR) is 189 cm³/mol. The number of nitrogens with zero attached hydrogens (tertiary/aromatic N) is 4. The lowest BCUT2D eigenvalue weighted by molar-refractivity contribution is 0.0956. The van der Waals surface area contributed by atoms with E-state index in [9.17, 15) is 4.79 Å². The van der Waals surface area contributed by atoms with Gasteiger partial charge in [0, 0.05) is 0 Å². The monoisotopic (exact) mass is 643 g/mol. The van der Waals surface area contributed by atoms with E-state index in [1.54, 1.807) is 28.3 Å². The van der Waals surface area contributed by atoms with Crippen molar-refractivity contribution < 1.29 is 14.3 Å². The minimum absolute atomic E-state index is 0.0978. The smallest absolute Gasteiger partial charge is 0.272 e. The van der Waals surface area contributed by atoms with E-state index in [4.69, 9.17) is 19.6 Å². The lowest BCUT2D eigenvalue weighted by Gasteiger charge is -2.19. The lowest BCUT2D eigenvalue weighted by atomic mass is 9.87. The molecule has 0 saturated carbocycles. The summed E-state index contributed by atoms with van der Waals surface area (Å²) in [7, 11) is 0. The number of ether oxygens (including phenoxy) is 2. The van der Waals surface area contributed by atoms with Gasteiger partial charge in [0.1, 0.15) is 6.61 Å². The second-order valence-corrected chi connectivity index (χ2v) is 13.1. The highest BCUT2D eigenvalue weighted by atomic mass is 32.1. The van der Waals surface area contributed by atoms with Crippen LogP contribution in [0.25, 0.3) is 27.3 Å². The molecule has 0 unspecified atom stereocenters. The maximum absolute atomic E-state index is 13.7. The highest BCUT2D eigenvalue weighted by Crippen LogP contribution is 2.32. The van der Waals surface area contributed by atoms with E-state index in [0.29, 0.717) is 52.7 Å². The number of rotatable bonds is 10. The zero-order valence-corrected chi connectivity index (χ0v) is 28.0. The highest BCUT2D eigenvalue weighted by Gasteiger charge is 2.21. The summed E-state index contributed by atoms with van der Waals surface area (Å²) in [6, 6.07) is 29.6. The molecule has 6 aromatic rings. The molecule has 6 rings (SSSR count). The molecule has 0 radical (unpaired) electrons. The van der Waals surface area contributed by atoms with Crippen molar-refractivity contribution in [2.45, 2.75) is 46.6 Å². The molecule has 0 spiro atoms. The average molecular weight is 644 g/mol. The Balaban J connectivity index is 1.22. The van der Waals surface area contributed by atoms with Gasteiger partial charge >= 0.3 is 0 Å². The number of nitrogens with one attached hydrogen (secondary N) is 1. The molecule has 3 heterocycles. The molecule has 0 aliphatic rings. The molecule has 3 aromatic carbocycles. The Morgan fingerprint density at radius 3 is 2.45 bits per heavy atom. The molecule has 47 heavy (non-hydrogen) atoms. The molecule has 0 saturated heterocycles. The van der Waals surface area contributed by atoms with Gasteiger partial charge in [0.2, 0.25) is 0 Å². The van der Waals surface area contributed by atoms with E-state index < -0.39 is 0 Å². The summed E-state index contributed by atoms with van der Waals surface area (Å²) in [5, 5.41) is 11.7. The molecule has 0 aliphatic heterocycles. The number of fused-ring (bicyclic) bond motifs is 1. The Kier molecular flexibility index (Phi) is 9.17. The summed E-state index contributed by atoms with van der Waals surface area (Å²) >= 11 is 1.56. The van der Waals surface area contributed by atoms with Crippen LogP contribution in [0.2, 0.25) is 0 Å². The van der Waals surface area contributed by atoms with Crippen molar-refractivity contribution in [3.63, 3.8) is 0 Å². The fourth-order valence-electron chi connectivity index (χ4n) is 5.25. The van der Waals surface area contributed by atoms with Crippen molar-refractivity contribution in [2.24, 2.45) is 5.10 Å². The Bertz CT molecular complexity index is 2030. The zero-order chi connectivity index (χ0) is 33.0. The van der Waals surface area contributed by atoms with Gasteiger partial charge in [-0.25, -0.2) is 15.1 Å². The number of hydrogen-bond donors (Lipinski definition) is 1. The van der Waals surface area contributed by atoms with Crippen molar-refractivity contribution in [3.05, 3.63) is 124 Å². The number of hydrazone groups is 1. The number of carbonyl (C=O) groups is 1. The summed E-state index contributed by atoms with van der Waals surface area (Å²) in [6.07, 6.45) is 1.59. The van der Waals surface area contributed by atoms with Gasteiger partial charge in [0.25, 0.3) is 5.91 Å². The first kappa shape index (κ1) is 31.7. The second-order valence-electron chi connectivity index (χ2n) is 12.1. The van der Waals surface area contributed by atoms with E-state index >= 15 is 0 Å². The van der Waals surface area contributed by atoms with Crippen LogP contribution in [-0.4, -0.2) is 33.5 Å². The normalized spacial score (nSPS) is 11.7. The van der Waals surface area contributed by atoms with Crippen molar-refractivity contribution in [1.29, 1.82) is 0 Å². The predicted octanol–water partition coefficient (Wildman–Crippen LogP) is 8.50. The van der Waals surface area contributed by atoms with Gasteiger partial charge in [-0.15, -0.1) is 11.3 Å². The van der Waals surface area contributed by atoms with E-state index in [1.807, 2.05) is 79.9 Å². The third-order valence-electron chi connectivity index (χ3n) is 7.69. The number of thiophene rings is 1. The van der Waals surface area contributed by atoms with Crippen LogP contribution in [0.3, 0.4) is 0 Å². The first-order valence-electron chi connectivity index (χ1n) is 15.5. The topological polar surface area (TPSA) is 90.6 Å².